The number of nitrogens with zero attached hydrogens (tertiary/aromatic N) is 1. The number of benzene rings is 1. The molecule has 9 heteroatoms. The predicted molar refractivity (Wildman–Crippen MR) is 115 cm³/mol. The van der Waals surface area contributed by atoms with Crippen LogP contribution >= 0.6 is 22.9 Å². The highest BCUT2D eigenvalue weighted by atomic mass is 35.5. The molecule has 2 rings (SSSR count). The maximum atomic E-state index is 12.6. The summed E-state index contributed by atoms with van der Waals surface area (Å²) >= 11 is 7.52. The van der Waals surface area contributed by atoms with Gasteiger partial charge in [-0.2, -0.15) is 0 Å². The van der Waals surface area contributed by atoms with E-state index in [0.717, 1.165) is 5.69 Å². The van der Waals surface area contributed by atoms with Crippen molar-refractivity contribution in [3.8, 4) is 0 Å². The van der Waals surface area contributed by atoms with Gasteiger partial charge in [0.15, 0.2) is 5.13 Å². The van der Waals surface area contributed by atoms with Crippen LogP contribution in [0.3, 0.4) is 0 Å². The first-order chi connectivity index (χ1) is 13.1. The van der Waals surface area contributed by atoms with E-state index < -0.39 is 11.9 Å². The molecule has 0 unspecified atom stereocenters. The Balaban J connectivity index is 2.10. The van der Waals surface area contributed by atoms with Gasteiger partial charge >= 0.3 is 0 Å². The van der Waals surface area contributed by atoms with Crippen LogP contribution in [0.2, 0.25) is 5.02 Å². The topological polar surface area (TPSA) is 123 Å². The Hall–Kier alpha value is -2.00. The normalized spacial score (nSPS) is 12.5. The quantitative estimate of drug-likeness (QED) is 0.543. The molecule has 0 spiro atoms. The maximum absolute atomic E-state index is 12.6. The van der Waals surface area contributed by atoms with Crippen LogP contribution in [0.15, 0.2) is 23.6 Å². The van der Waals surface area contributed by atoms with Crippen molar-refractivity contribution in [2.45, 2.75) is 45.1 Å². The second kappa shape index (κ2) is 9.47. The maximum Gasteiger partial charge on any atom is 0.259 e. The van der Waals surface area contributed by atoms with Crippen LogP contribution in [-0.4, -0.2) is 29.4 Å². The van der Waals surface area contributed by atoms with Gasteiger partial charge in [0.25, 0.3) is 5.91 Å². The Bertz CT molecular complexity index is 847. The summed E-state index contributed by atoms with van der Waals surface area (Å²) in [4.78, 5) is 29.2. The van der Waals surface area contributed by atoms with Gasteiger partial charge in [-0.25, -0.2) is 4.98 Å². The lowest BCUT2D eigenvalue weighted by Crippen LogP contribution is -2.36. The van der Waals surface area contributed by atoms with E-state index in [1.807, 2.05) is 5.38 Å². The molecule has 0 saturated heterocycles. The van der Waals surface area contributed by atoms with E-state index in [2.05, 4.69) is 36.4 Å². The molecule has 0 radical (unpaired) electrons. The molecule has 2 aromatic rings. The number of nitrogens with one attached hydrogen (secondary N) is 2. The van der Waals surface area contributed by atoms with E-state index in [0.29, 0.717) is 30.2 Å². The van der Waals surface area contributed by atoms with Gasteiger partial charge in [0, 0.05) is 16.5 Å². The van der Waals surface area contributed by atoms with Gasteiger partial charge in [0.2, 0.25) is 5.91 Å². The fourth-order valence-corrected chi connectivity index (χ4v) is 3.46. The lowest BCUT2D eigenvalue weighted by atomic mass is 9.93. The van der Waals surface area contributed by atoms with E-state index in [1.54, 1.807) is 12.1 Å². The minimum atomic E-state index is -0.664. The monoisotopic (exact) mass is 423 g/mol. The second-order valence-corrected chi connectivity index (χ2v) is 8.73. The molecule has 152 valence electrons. The number of halogens is 1. The van der Waals surface area contributed by atoms with Crippen molar-refractivity contribution in [1.82, 2.24) is 4.98 Å². The number of anilines is 2. The Morgan fingerprint density at radius 1 is 1.29 bits per heavy atom. The van der Waals surface area contributed by atoms with Crippen LogP contribution < -0.4 is 22.1 Å². The summed E-state index contributed by atoms with van der Waals surface area (Å²) < 4.78 is 0. The second-order valence-electron chi connectivity index (χ2n) is 7.46. The summed E-state index contributed by atoms with van der Waals surface area (Å²) in [5.74, 6) is -0.736. The number of nitrogens with two attached hydrogens (primary N) is 2. The number of amides is 2. The van der Waals surface area contributed by atoms with E-state index in [-0.39, 0.29) is 21.9 Å². The molecule has 0 bridgehead atoms. The van der Waals surface area contributed by atoms with E-state index in [9.17, 15) is 9.59 Å². The van der Waals surface area contributed by atoms with Gasteiger partial charge in [-0.3, -0.25) is 14.9 Å². The standard InChI is InChI=1S/C19H26ClN5O2S/c1-19(2,3)15-10-28-18(24-15)25-16(26)12-9-11(6-7-13(12)20)23-17(27)14(22)5-4-8-21/h6-7,9-10,14H,4-5,8,21-22H2,1-3H3,(H,23,27)(H,24,25,26)/t14-/m0/s1. The Morgan fingerprint density at radius 3 is 2.61 bits per heavy atom. The van der Waals surface area contributed by atoms with Gasteiger partial charge in [-0.1, -0.05) is 32.4 Å². The highest BCUT2D eigenvalue weighted by molar-refractivity contribution is 7.14. The van der Waals surface area contributed by atoms with Crippen molar-refractivity contribution in [1.29, 1.82) is 0 Å². The van der Waals surface area contributed by atoms with Crippen molar-refractivity contribution in [2.24, 2.45) is 11.5 Å². The number of rotatable bonds is 7. The summed E-state index contributed by atoms with van der Waals surface area (Å²) in [6, 6.07) is 4.03. The summed E-state index contributed by atoms with van der Waals surface area (Å²) in [6.45, 7) is 6.62. The summed E-state index contributed by atoms with van der Waals surface area (Å²) in [6.07, 6.45) is 1.15. The fourth-order valence-electron chi connectivity index (χ4n) is 2.32. The number of hydrogen-bond donors (Lipinski definition) is 4. The van der Waals surface area contributed by atoms with Crippen molar-refractivity contribution in [3.63, 3.8) is 0 Å². The molecule has 1 atom stereocenters. The average molecular weight is 424 g/mol. The summed E-state index contributed by atoms with van der Waals surface area (Å²) in [5, 5.41) is 8.14. The number of carbonyl (C=O) groups is 2. The lowest BCUT2D eigenvalue weighted by Gasteiger charge is -2.14. The van der Waals surface area contributed by atoms with Gasteiger partial charge in [-0.05, 0) is 37.6 Å². The molecule has 28 heavy (non-hydrogen) atoms. The molecular weight excluding hydrogens is 398 g/mol. The first-order valence-corrected chi connectivity index (χ1v) is 10.2. The number of aromatic nitrogens is 1. The average Bonchev–Trinajstić information content (AvgIpc) is 3.10. The molecule has 1 aromatic carbocycles. The minimum absolute atomic E-state index is 0.107. The van der Waals surface area contributed by atoms with Crippen LogP contribution in [-0.2, 0) is 10.2 Å². The number of carbonyl (C=O) groups excluding carboxylic acids is 2. The predicted octanol–water partition coefficient (Wildman–Crippen LogP) is 3.35. The van der Waals surface area contributed by atoms with Crippen LogP contribution in [0.5, 0.6) is 0 Å². The van der Waals surface area contributed by atoms with Gasteiger partial charge < -0.3 is 16.8 Å². The first kappa shape index (κ1) is 22.3. The Labute approximate surface area is 173 Å². The Morgan fingerprint density at radius 2 is 2.00 bits per heavy atom. The molecule has 2 amide bonds. The molecule has 6 N–H and O–H groups in total. The molecule has 0 aliphatic carbocycles. The van der Waals surface area contributed by atoms with Crippen LogP contribution in [0.25, 0.3) is 0 Å². The molecule has 0 aliphatic heterocycles. The highest BCUT2D eigenvalue weighted by Gasteiger charge is 2.20. The third kappa shape index (κ3) is 6.00. The van der Waals surface area contributed by atoms with Gasteiger partial charge in [-0.15, -0.1) is 11.3 Å². The molecular formula is C19H26ClN5O2S. The van der Waals surface area contributed by atoms with Crippen LogP contribution in [0.1, 0.15) is 49.7 Å². The smallest absolute Gasteiger partial charge is 0.259 e. The zero-order valence-electron chi connectivity index (χ0n) is 16.2. The van der Waals surface area contributed by atoms with E-state index >= 15 is 0 Å². The van der Waals surface area contributed by atoms with Gasteiger partial charge in [0.1, 0.15) is 0 Å². The van der Waals surface area contributed by atoms with E-state index in [4.69, 9.17) is 23.1 Å². The number of thiazole rings is 1. The zero-order chi connectivity index (χ0) is 20.9. The molecule has 1 aromatic heterocycles. The summed E-state index contributed by atoms with van der Waals surface area (Å²) in [7, 11) is 0. The molecule has 0 fully saturated rings. The van der Waals surface area contributed by atoms with Crippen molar-refractivity contribution in [2.75, 3.05) is 17.2 Å². The minimum Gasteiger partial charge on any atom is -0.330 e. The van der Waals surface area contributed by atoms with E-state index in [1.165, 1.54) is 17.4 Å². The third-order valence-electron chi connectivity index (χ3n) is 4.03. The van der Waals surface area contributed by atoms with Crippen molar-refractivity contribution < 1.29 is 9.59 Å². The van der Waals surface area contributed by atoms with Crippen molar-refractivity contribution in [3.05, 3.63) is 39.9 Å². The summed E-state index contributed by atoms with van der Waals surface area (Å²) in [5.41, 5.74) is 12.7. The molecule has 0 aliphatic rings. The van der Waals surface area contributed by atoms with Crippen LogP contribution in [0.4, 0.5) is 10.8 Å². The number of hydrogen-bond acceptors (Lipinski definition) is 6. The molecule has 7 nitrogen and oxygen atoms in total. The largest absolute Gasteiger partial charge is 0.330 e. The fraction of sp³-hybridized carbons (Fsp3) is 0.421. The van der Waals surface area contributed by atoms with Gasteiger partial charge in [0.05, 0.1) is 22.3 Å². The molecule has 1 heterocycles. The Kier molecular flexibility index (Phi) is 7.54. The van der Waals surface area contributed by atoms with Crippen LogP contribution in [0, 0.1) is 0 Å². The van der Waals surface area contributed by atoms with Crippen molar-refractivity contribution >= 4 is 45.6 Å². The lowest BCUT2D eigenvalue weighted by molar-refractivity contribution is -0.117. The molecule has 0 saturated carbocycles. The first-order valence-electron chi connectivity index (χ1n) is 8.95. The zero-order valence-corrected chi connectivity index (χ0v) is 17.8. The SMILES string of the molecule is CC(C)(C)c1csc(NC(=O)c2cc(NC(=O)[C@@H](N)CCCN)ccc2Cl)n1. The highest BCUT2D eigenvalue weighted by Crippen LogP contribution is 2.27. The third-order valence-corrected chi connectivity index (χ3v) is 5.11.